The van der Waals surface area contributed by atoms with E-state index < -0.39 is 11.4 Å². The van der Waals surface area contributed by atoms with Crippen LogP contribution in [0.15, 0.2) is 35.9 Å². The van der Waals surface area contributed by atoms with Crippen molar-refractivity contribution in [1.29, 1.82) is 0 Å². The number of carboxylic acid groups (broad SMARTS) is 1. The Morgan fingerprint density at radius 3 is 2.50 bits per heavy atom. The van der Waals surface area contributed by atoms with Crippen molar-refractivity contribution < 1.29 is 19.5 Å². The molecular formula is C31H39NO4. The molecule has 8 atom stereocenters. The number of aliphatic carboxylic acids is 1. The van der Waals surface area contributed by atoms with E-state index in [0.29, 0.717) is 11.6 Å². The lowest BCUT2D eigenvalue weighted by Crippen LogP contribution is -2.65. The maximum Gasteiger partial charge on any atom is 0.309 e. The van der Waals surface area contributed by atoms with Crippen LogP contribution in [-0.4, -0.2) is 22.9 Å². The monoisotopic (exact) mass is 489 g/mol. The van der Waals surface area contributed by atoms with Crippen LogP contribution in [0.1, 0.15) is 71.8 Å². The Morgan fingerprint density at radius 2 is 1.83 bits per heavy atom. The molecule has 5 nitrogen and oxygen atoms in total. The number of benzene rings is 1. The van der Waals surface area contributed by atoms with Crippen LogP contribution in [0.3, 0.4) is 0 Å². The van der Waals surface area contributed by atoms with Crippen molar-refractivity contribution in [2.45, 2.75) is 73.1 Å². The van der Waals surface area contributed by atoms with Crippen LogP contribution in [0.4, 0.5) is 5.69 Å². The maximum absolute atomic E-state index is 14.3. The first-order valence-electron chi connectivity index (χ1n) is 13.9. The van der Waals surface area contributed by atoms with Gasteiger partial charge in [-0.05, 0) is 92.7 Å². The Morgan fingerprint density at radius 1 is 1.08 bits per heavy atom. The van der Waals surface area contributed by atoms with E-state index >= 15 is 0 Å². The molecular weight excluding hydrogens is 450 g/mol. The molecule has 6 aliphatic rings. The highest BCUT2D eigenvalue weighted by molar-refractivity contribution is 6.23. The Bertz CT molecular complexity index is 1200. The Balaban J connectivity index is 1.50. The second-order valence-corrected chi connectivity index (χ2v) is 13.3. The van der Waals surface area contributed by atoms with Gasteiger partial charge in [0.1, 0.15) is 0 Å². The number of anilines is 1. The van der Waals surface area contributed by atoms with Crippen LogP contribution in [0.5, 0.6) is 0 Å². The highest BCUT2D eigenvalue weighted by Crippen LogP contribution is 2.74. The summed E-state index contributed by atoms with van der Waals surface area (Å²) in [5.41, 5.74) is 1.83. The van der Waals surface area contributed by atoms with Gasteiger partial charge in [-0.1, -0.05) is 51.0 Å². The molecule has 1 aromatic carbocycles. The molecule has 0 aromatic heterocycles. The minimum atomic E-state index is -0.724. The van der Waals surface area contributed by atoms with E-state index in [1.807, 2.05) is 38.1 Å². The number of amides is 2. The minimum absolute atomic E-state index is 0.0315. The molecule has 1 saturated heterocycles. The number of hydrogen-bond acceptors (Lipinski definition) is 3. The van der Waals surface area contributed by atoms with Gasteiger partial charge >= 0.3 is 5.97 Å². The van der Waals surface area contributed by atoms with Crippen molar-refractivity contribution in [2.24, 2.45) is 51.8 Å². The molecule has 192 valence electrons. The van der Waals surface area contributed by atoms with Crippen molar-refractivity contribution in [3.8, 4) is 0 Å². The number of hydrogen-bond donors (Lipinski definition) is 1. The van der Waals surface area contributed by atoms with Crippen LogP contribution in [0, 0.1) is 58.7 Å². The minimum Gasteiger partial charge on any atom is -0.481 e. The Labute approximate surface area is 214 Å². The summed E-state index contributed by atoms with van der Waals surface area (Å²) in [5.74, 6) is -0.679. The summed E-state index contributed by atoms with van der Waals surface area (Å²) in [6, 6.07) is 7.73. The lowest BCUT2D eigenvalue weighted by molar-refractivity contribution is -0.194. The van der Waals surface area contributed by atoms with Gasteiger partial charge in [-0.3, -0.25) is 14.4 Å². The zero-order valence-electron chi connectivity index (χ0n) is 22.2. The fourth-order valence-electron chi connectivity index (χ4n) is 9.98. The molecule has 1 spiro atoms. The average Bonchev–Trinajstić information content (AvgIpc) is 3.10. The van der Waals surface area contributed by atoms with Crippen molar-refractivity contribution in [3.05, 3.63) is 41.5 Å². The van der Waals surface area contributed by atoms with Crippen LogP contribution in [0.2, 0.25) is 0 Å². The first kappa shape index (κ1) is 23.9. The molecule has 5 aliphatic carbocycles. The molecule has 3 saturated carbocycles. The number of allylic oxidation sites excluding steroid dienone is 2. The van der Waals surface area contributed by atoms with Gasteiger partial charge in [-0.2, -0.15) is 0 Å². The van der Waals surface area contributed by atoms with Crippen LogP contribution < -0.4 is 4.90 Å². The summed E-state index contributed by atoms with van der Waals surface area (Å²) in [7, 11) is 0. The highest BCUT2D eigenvalue weighted by atomic mass is 16.4. The van der Waals surface area contributed by atoms with E-state index in [4.69, 9.17) is 0 Å². The Hall–Kier alpha value is -2.43. The lowest BCUT2D eigenvalue weighted by Gasteiger charge is -2.68. The molecule has 5 heteroatoms. The molecule has 4 fully saturated rings. The molecule has 0 unspecified atom stereocenters. The largest absolute Gasteiger partial charge is 0.481 e. The van der Waals surface area contributed by atoms with E-state index in [2.05, 4.69) is 26.8 Å². The molecule has 2 amide bonds. The fraction of sp³-hybridized carbons (Fsp3) is 0.645. The summed E-state index contributed by atoms with van der Waals surface area (Å²) < 4.78 is 0. The normalized spacial score (nSPS) is 43.2. The first-order valence-corrected chi connectivity index (χ1v) is 13.9. The van der Waals surface area contributed by atoms with Crippen molar-refractivity contribution in [3.63, 3.8) is 0 Å². The first-order chi connectivity index (χ1) is 17.0. The number of fused-ring (bicyclic) bond motifs is 1. The second-order valence-electron chi connectivity index (χ2n) is 13.3. The molecule has 2 bridgehead atoms. The maximum atomic E-state index is 14.3. The molecule has 1 heterocycles. The third-order valence-corrected chi connectivity index (χ3v) is 11.4. The molecule has 0 radical (unpaired) electrons. The molecule has 36 heavy (non-hydrogen) atoms. The number of rotatable bonds is 3. The molecule has 1 N–H and O–H groups in total. The third kappa shape index (κ3) is 2.80. The smallest absolute Gasteiger partial charge is 0.309 e. The van der Waals surface area contributed by atoms with Gasteiger partial charge in [0.2, 0.25) is 11.8 Å². The van der Waals surface area contributed by atoms with Gasteiger partial charge in [0.05, 0.1) is 22.9 Å². The van der Waals surface area contributed by atoms with Gasteiger partial charge < -0.3 is 5.11 Å². The molecule has 1 aromatic rings. The number of nitrogens with zero attached hydrogens (tertiary/aromatic N) is 1. The van der Waals surface area contributed by atoms with E-state index in [1.54, 1.807) is 0 Å². The second kappa shape index (κ2) is 7.55. The van der Waals surface area contributed by atoms with E-state index in [9.17, 15) is 19.5 Å². The van der Waals surface area contributed by atoms with Gasteiger partial charge in [0.25, 0.3) is 0 Å². The van der Waals surface area contributed by atoms with Crippen molar-refractivity contribution in [2.75, 3.05) is 4.90 Å². The highest BCUT2D eigenvalue weighted by Gasteiger charge is 2.73. The van der Waals surface area contributed by atoms with E-state index in [0.717, 1.165) is 44.1 Å². The SMILES string of the molecule is Cc1cccc(N2C(=O)[C@@H]3[C@H]4C[C@@H]5[C@]6(C)CCC[C@](C)(C(=O)O)[C@H]6CC[C@@]5(C=C4C(C)C)[C@H]3C2=O)c1. The van der Waals surface area contributed by atoms with Crippen LogP contribution in [0.25, 0.3) is 0 Å². The molecule has 7 rings (SSSR count). The lowest BCUT2D eigenvalue weighted by atomic mass is 9.34. The summed E-state index contributed by atoms with van der Waals surface area (Å²) >= 11 is 0. The van der Waals surface area contributed by atoms with E-state index in [-0.39, 0.29) is 52.2 Å². The summed E-state index contributed by atoms with van der Waals surface area (Å²) in [5, 5.41) is 10.3. The topological polar surface area (TPSA) is 74.7 Å². The standard InChI is InChI=1S/C31H39NO4/c1-17(2)21-16-31-13-10-22-29(4,11-7-12-30(22,5)28(35)36)23(31)15-20(21)24-25(31)27(34)32(26(24)33)19-9-6-8-18(3)14-19/h6,8-9,14,16-17,20,22-25H,7,10-13,15H2,1-5H3,(H,35,36)/t20-,22-,23+,24+,25+,29+,30-,31-/m0/s1. The fourth-order valence-corrected chi connectivity index (χ4v) is 9.98. The van der Waals surface area contributed by atoms with E-state index in [1.165, 1.54) is 10.5 Å². The number of aryl methyl sites for hydroxylation is 1. The van der Waals surface area contributed by atoms with Gasteiger partial charge in [0.15, 0.2) is 0 Å². The zero-order valence-corrected chi connectivity index (χ0v) is 22.2. The number of imide groups is 1. The number of carbonyl (C=O) groups is 3. The van der Waals surface area contributed by atoms with Crippen molar-refractivity contribution >= 4 is 23.5 Å². The quantitative estimate of drug-likeness (QED) is 0.417. The van der Waals surface area contributed by atoms with Gasteiger partial charge in [-0.25, -0.2) is 4.90 Å². The molecule has 1 aliphatic heterocycles. The van der Waals surface area contributed by atoms with Crippen molar-refractivity contribution in [1.82, 2.24) is 0 Å². The van der Waals surface area contributed by atoms with Gasteiger partial charge in [0, 0.05) is 5.41 Å². The summed E-state index contributed by atoms with van der Waals surface area (Å²) in [4.78, 5) is 42.3. The number of carbonyl (C=O) groups excluding carboxylic acids is 2. The van der Waals surface area contributed by atoms with Gasteiger partial charge in [-0.15, -0.1) is 0 Å². The third-order valence-electron chi connectivity index (χ3n) is 11.4. The number of carboxylic acids is 1. The van der Waals surface area contributed by atoms with Crippen LogP contribution in [-0.2, 0) is 14.4 Å². The summed E-state index contributed by atoms with van der Waals surface area (Å²) in [6.07, 6.45) is 7.58. The predicted molar refractivity (Wildman–Crippen MR) is 138 cm³/mol. The summed E-state index contributed by atoms with van der Waals surface area (Å²) in [6.45, 7) is 10.7. The zero-order chi connectivity index (χ0) is 25.8. The Kier molecular flexibility index (Phi) is 5.02. The van der Waals surface area contributed by atoms with Crippen LogP contribution >= 0.6 is 0 Å². The average molecular weight is 490 g/mol. The predicted octanol–water partition coefficient (Wildman–Crippen LogP) is 6.01.